The van der Waals surface area contributed by atoms with Crippen molar-refractivity contribution in [3.8, 4) is 0 Å². The Bertz CT molecular complexity index is 739. The molecule has 0 bridgehead atoms. The van der Waals surface area contributed by atoms with Gasteiger partial charge in [-0.2, -0.15) is 0 Å². The number of amides is 1. The van der Waals surface area contributed by atoms with E-state index in [1.807, 2.05) is 24.3 Å². The highest BCUT2D eigenvalue weighted by Gasteiger charge is 2.35. The van der Waals surface area contributed by atoms with Crippen molar-refractivity contribution < 1.29 is 14.3 Å². The summed E-state index contributed by atoms with van der Waals surface area (Å²) in [6.45, 7) is 0.408. The summed E-state index contributed by atoms with van der Waals surface area (Å²) in [5.74, 6) is -0.337. The second kappa shape index (κ2) is 7.44. The average Bonchev–Trinajstić information content (AvgIpc) is 2.65. The normalized spacial score (nSPS) is 16.4. The molecule has 1 amide bonds. The van der Waals surface area contributed by atoms with Crippen molar-refractivity contribution in [1.29, 1.82) is 0 Å². The number of carbonyl (C=O) groups excluding carboxylic acids is 2. The minimum Gasteiger partial charge on any atom is -0.467 e. The van der Waals surface area contributed by atoms with Crippen LogP contribution < -0.4 is 0 Å². The molecular formula is C17H17N3O3S. The number of hydrogen-bond donors (Lipinski definition) is 0. The second-order valence-corrected chi connectivity index (χ2v) is 6.30. The van der Waals surface area contributed by atoms with Gasteiger partial charge in [-0.05, 0) is 17.2 Å². The second-order valence-electron chi connectivity index (χ2n) is 5.35. The van der Waals surface area contributed by atoms with Crippen LogP contribution in [0.5, 0.6) is 0 Å². The van der Waals surface area contributed by atoms with Crippen molar-refractivity contribution in [1.82, 2.24) is 14.9 Å². The number of ether oxygens (including phenoxy) is 1. The van der Waals surface area contributed by atoms with Crippen LogP contribution in [0.1, 0.15) is 11.1 Å². The van der Waals surface area contributed by atoms with E-state index < -0.39 is 6.04 Å². The standard InChI is InChI=1S/C17H17N3O3S/c1-23-16(22)14-9-12-5-2-3-6-13(12)10-20(14)15(21)11-24-17-18-7-4-8-19-17/h2-8,14H,9-11H2,1H3/t14-/m1/s1. The summed E-state index contributed by atoms with van der Waals surface area (Å²) >= 11 is 1.26. The molecule has 1 aromatic carbocycles. The number of rotatable bonds is 4. The van der Waals surface area contributed by atoms with Gasteiger partial charge in [0.15, 0.2) is 5.16 Å². The first-order valence-electron chi connectivity index (χ1n) is 7.53. The molecule has 0 fully saturated rings. The summed E-state index contributed by atoms with van der Waals surface area (Å²) in [7, 11) is 1.35. The molecule has 7 heteroatoms. The Kier molecular flexibility index (Phi) is 5.10. The quantitative estimate of drug-likeness (QED) is 0.478. The topological polar surface area (TPSA) is 72.4 Å². The lowest BCUT2D eigenvalue weighted by molar-refractivity contribution is -0.153. The Labute approximate surface area is 144 Å². The van der Waals surface area contributed by atoms with Gasteiger partial charge in [0.1, 0.15) is 6.04 Å². The van der Waals surface area contributed by atoms with E-state index in [0.717, 1.165) is 11.1 Å². The molecule has 1 atom stereocenters. The van der Waals surface area contributed by atoms with Gasteiger partial charge in [0, 0.05) is 25.4 Å². The molecule has 2 heterocycles. The maximum absolute atomic E-state index is 12.7. The van der Waals surface area contributed by atoms with Crippen LogP contribution in [0.2, 0.25) is 0 Å². The van der Waals surface area contributed by atoms with E-state index in [0.29, 0.717) is 18.1 Å². The van der Waals surface area contributed by atoms with Crippen molar-refractivity contribution in [3.05, 3.63) is 53.9 Å². The molecule has 3 rings (SSSR count). The summed E-state index contributed by atoms with van der Waals surface area (Å²) in [5, 5.41) is 0.540. The molecular weight excluding hydrogens is 326 g/mol. The van der Waals surface area contributed by atoms with E-state index in [1.165, 1.54) is 18.9 Å². The summed E-state index contributed by atoms with van der Waals surface area (Å²) in [4.78, 5) is 34.5. The number of nitrogens with zero attached hydrogens (tertiary/aromatic N) is 3. The van der Waals surface area contributed by atoms with Gasteiger partial charge in [0.25, 0.3) is 0 Å². The number of fused-ring (bicyclic) bond motifs is 1. The molecule has 24 heavy (non-hydrogen) atoms. The van der Waals surface area contributed by atoms with Gasteiger partial charge in [-0.1, -0.05) is 36.0 Å². The lowest BCUT2D eigenvalue weighted by atomic mass is 9.94. The first kappa shape index (κ1) is 16.4. The van der Waals surface area contributed by atoms with E-state index in [1.54, 1.807) is 23.4 Å². The molecule has 0 radical (unpaired) electrons. The van der Waals surface area contributed by atoms with Gasteiger partial charge >= 0.3 is 5.97 Å². The third kappa shape index (κ3) is 3.56. The zero-order chi connectivity index (χ0) is 16.9. The monoisotopic (exact) mass is 343 g/mol. The molecule has 2 aromatic rings. The van der Waals surface area contributed by atoms with Crippen LogP contribution in [-0.2, 0) is 27.3 Å². The fourth-order valence-electron chi connectivity index (χ4n) is 2.70. The number of aromatic nitrogens is 2. The maximum atomic E-state index is 12.7. The third-order valence-corrected chi connectivity index (χ3v) is 4.77. The first-order valence-corrected chi connectivity index (χ1v) is 8.51. The van der Waals surface area contributed by atoms with Crippen LogP contribution in [0.15, 0.2) is 47.9 Å². The highest BCUT2D eigenvalue weighted by atomic mass is 32.2. The summed E-state index contributed by atoms with van der Waals surface area (Å²) < 4.78 is 4.88. The predicted molar refractivity (Wildman–Crippen MR) is 89.3 cm³/mol. The zero-order valence-electron chi connectivity index (χ0n) is 13.2. The van der Waals surface area contributed by atoms with Gasteiger partial charge in [0.2, 0.25) is 5.91 Å². The number of carbonyl (C=O) groups is 2. The Hall–Kier alpha value is -2.41. The van der Waals surface area contributed by atoms with Crippen LogP contribution in [0, 0.1) is 0 Å². The molecule has 1 aliphatic rings. The molecule has 124 valence electrons. The molecule has 0 N–H and O–H groups in total. The van der Waals surface area contributed by atoms with Gasteiger partial charge < -0.3 is 9.64 Å². The van der Waals surface area contributed by atoms with Crippen molar-refractivity contribution in [2.24, 2.45) is 0 Å². The van der Waals surface area contributed by atoms with Crippen molar-refractivity contribution in [2.75, 3.05) is 12.9 Å². The van der Waals surface area contributed by atoms with E-state index in [9.17, 15) is 9.59 Å². The Balaban J connectivity index is 1.75. The average molecular weight is 343 g/mol. The van der Waals surface area contributed by atoms with Gasteiger partial charge in [0.05, 0.1) is 12.9 Å². The fourth-order valence-corrected chi connectivity index (χ4v) is 3.39. The lowest BCUT2D eigenvalue weighted by Crippen LogP contribution is -2.49. The van der Waals surface area contributed by atoms with E-state index in [2.05, 4.69) is 9.97 Å². The Morgan fingerprint density at radius 1 is 1.21 bits per heavy atom. The number of methoxy groups -OCH3 is 1. The molecule has 0 unspecified atom stereocenters. The Morgan fingerprint density at radius 2 is 1.92 bits per heavy atom. The van der Waals surface area contributed by atoms with Crippen molar-refractivity contribution in [2.45, 2.75) is 24.2 Å². The highest BCUT2D eigenvalue weighted by molar-refractivity contribution is 7.99. The summed E-state index contributed by atoms with van der Waals surface area (Å²) in [5.41, 5.74) is 2.14. The molecule has 1 aliphatic heterocycles. The smallest absolute Gasteiger partial charge is 0.328 e. The Morgan fingerprint density at radius 3 is 2.62 bits per heavy atom. The van der Waals surface area contributed by atoms with Gasteiger partial charge in [-0.15, -0.1) is 0 Å². The van der Waals surface area contributed by atoms with Crippen LogP contribution in [0.25, 0.3) is 0 Å². The van der Waals surface area contributed by atoms with E-state index >= 15 is 0 Å². The molecule has 6 nitrogen and oxygen atoms in total. The van der Waals surface area contributed by atoms with Crippen molar-refractivity contribution in [3.63, 3.8) is 0 Å². The molecule has 0 aliphatic carbocycles. The van der Waals surface area contributed by atoms with Crippen LogP contribution in [-0.4, -0.2) is 45.6 Å². The van der Waals surface area contributed by atoms with Crippen LogP contribution >= 0.6 is 11.8 Å². The van der Waals surface area contributed by atoms with E-state index in [4.69, 9.17) is 4.74 Å². The number of esters is 1. The largest absolute Gasteiger partial charge is 0.467 e. The minimum absolute atomic E-state index is 0.127. The number of benzene rings is 1. The molecule has 0 spiro atoms. The van der Waals surface area contributed by atoms with Crippen molar-refractivity contribution >= 4 is 23.6 Å². The number of hydrogen-bond acceptors (Lipinski definition) is 6. The van der Waals surface area contributed by atoms with Crippen LogP contribution in [0.4, 0.5) is 0 Å². The summed E-state index contributed by atoms with van der Waals surface area (Å²) in [6, 6.07) is 8.98. The lowest BCUT2D eigenvalue weighted by Gasteiger charge is -2.35. The SMILES string of the molecule is COC(=O)[C@H]1Cc2ccccc2CN1C(=O)CSc1ncccn1. The third-order valence-electron chi connectivity index (χ3n) is 3.91. The van der Waals surface area contributed by atoms with Gasteiger partial charge in [-0.3, -0.25) is 4.79 Å². The molecule has 0 saturated heterocycles. The maximum Gasteiger partial charge on any atom is 0.328 e. The fraction of sp³-hybridized carbons (Fsp3) is 0.294. The van der Waals surface area contributed by atoms with Crippen LogP contribution in [0.3, 0.4) is 0 Å². The number of thioether (sulfide) groups is 1. The highest BCUT2D eigenvalue weighted by Crippen LogP contribution is 2.25. The molecule has 1 aromatic heterocycles. The first-order chi connectivity index (χ1) is 11.7. The van der Waals surface area contributed by atoms with E-state index in [-0.39, 0.29) is 17.6 Å². The zero-order valence-corrected chi connectivity index (χ0v) is 14.0. The predicted octanol–water partition coefficient (Wildman–Crippen LogP) is 1.70. The van der Waals surface area contributed by atoms with Gasteiger partial charge in [-0.25, -0.2) is 14.8 Å². The minimum atomic E-state index is -0.588. The summed E-state index contributed by atoms with van der Waals surface area (Å²) in [6.07, 6.45) is 3.74. The molecule has 0 saturated carbocycles.